The van der Waals surface area contributed by atoms with E-state index in [4.69, 9.17) is 37.7 Å². The van der Waals surface area contributed by atoms with Gasteiger partial charge in [-0.2, -0.15) is 4.98 Å². The Labute approximate surface area is 380 Å². The van der Waals surface area contributed by atoms with Crippen LogP contribution in [0.4, 0.5) is 17.5 Å². The van der Waals surface area contributed by atoms with Crippen LogP contribution in [0.15, 0.2) is 47.4 Å². The minimum atomic E-state index is -0.661. The van der Waals surface area contributed by atoms with E-state index in [9.17, 15) is 24.0 Å². The molecule has 5 aliphatic rings. The van der Waals surface area contributed by atoms with Gasteiger partial charge in [0.15, 0.2) is 18.2 Å². The molecule has 0 radical (unpaired) electrons. The van der Waals surface area contributed by atoms with Crippen LogP contribution in [-0.4, -0.2) is 112 Å². The number of imide groups is 1. The largest absolute Gasteiger partial charge is 0.478 e. The second kappa shape index (κ2) is 18.3. The lowest BCUT2D eigenvalue weighted by molar-refractivity contribution is -0.137. The SMILES string of the molecule is CNC(=O)COc1cc2cc(Nc3nc(N4CCC(O[C@H]5C[C@H](N6CCC(c7ccc8c(c7Cl)CN(C7CCC(=O)NC7=O)C8=O)CC6)C5)CC4)ncc3Cl)ccc2n(C(C)C)c1=O. The maximum absolute atomic E-state index is 13.3. The summed E-state index contributed by atoms with van der Waals surface area (Å²) in [4.78, 5) is 78.2. The zero-order valence-corrected chi connectivity index (χ0v) is 37.7. The molecule has 4 fully saturated rings. The highest BCUT2D eigenvalue weighted by Crippen LogP contribution is 2.42. The number of benzene rings is 2. The summed E-state index contributed by atoms with van der Waals surface area (Å²) in [6.07, 6.45) is 8.30. The molecule has 0 bridgehead atoms. The van der Waals surface area contributed by atoms with Crippen molar-refractivity contribution in [3.05, 3.63) is 79.7 Å². The molecule has 4 aromatic rings. The minimum Gasteiger partial charge on any atom is -0.478 e. The van der Waals surface area contributed by atoms with Gasteiger partial charge in [-0.05, 0) is 114 Å². The van der Waals surface area contributed by atoms with Gasteiger partial charge in [0.25, 0.3) is 17.4 Å². The number of carbonyl (C=O) groups is 4. The van der Waals surface area contributed by atoms with Gasteiger partial charge in [0, 0.05) is 72.4 Å². The number of fused-ring (bicyclic) bond motifs is 2. The molecule has 64 heavy (non-hydrogen) atoms. The first kappa shape index (κ1) is 43.9. The Hall–Kier alpha value is -5.29. The number of hydrogen-bond acceptors (Lipinski definition) is 12. The topological polar surface area (TPSA) is 180 Å². The number of anilines is 3. The average molecular weight is 915 g/mol. The van der Waals surface area contributed by atoms with Gasteiger partial charge in [0.2, 0.25) is 17.8 Å². The van der Waals surface area contributed by atoms with Crippen molar-refractivity contribution in [1.82, 2.24) is 35.0 Å². The number of hydrogen-bond donors (Lipinski definition) is 3. The average Bonchev–Trinajstić information content (AvgIpc) is 3.61. The molecule has 9 rings (SSSR count). The van der Waals surface area contributed by atoms with Crippen LogP contribution in [0.3, 0.4) is 0 Å². The summed E-state index contributed by atoms with van der Waals surface area (Å²) in [5.74, 6) is 0.174. The Morgan fingerprint density at radius 1 is 0.953 bits per heavy atom. The lowest BCUT2D eigenvalue weighted by Gasteiger charge is -2.47. The van der Waals surface area contributed by atoms with E-state index < -0.39 is 11.9 Å². The molecule has 4 amide bonds. The molecular formula is C46H53Cl2N9O7. The molecule has 1 saturated carbocycles. The number of amides is 4. The van der Waals surface area contributed by atoms with Gasteiger partial charge in [-0.25, -0.2) is 4.98 Å². The fourth-order valence-corrected chi connectivity index (χ4v) is 10.4. The van der Waals surface area contributed by atoms with Crippen molar-refractivity contribution in [2.24, 2.45) is 0 Å². The van der Waals surface area contributed by atoms with Crippen molar-refractivity contribution in [1.29, 1.82) is 0 Å². The first-order chi connectivity index (χ1) is 30.8. The number of piperidine rings is 3. The van der Waals surface area contributed by atoms with E-state index in [2.05, 4.69) is 30.7 Å². The molecular weight excluding hydrogens is 861 g/mol. The van der Waals surface area contributed by atoms with Crippen molar-refractivity contribution in [2.45, 2.75) is 108 Å². The molecule has 1 atom stereocenters. The van der Waals surface area contributed by atoms with Crippen LogP contribution in [0.5, 0.6) is 5.75 Å². The summed E-state index contributed by atoms with van der Waals surface area (Å²) in [6.45, 7) is 7.33. The number of carbonyl (C=O) groups excluding carboxylic acids is 4. The normalized spacial score (nSPS) is 22.2. The zero-order valence-electron chi connectivity index (χ0n) is 36.2. The summed E-state index contributed by atoms with van der Waals surface area (Å²) in [7, 11) is 1.51. The molecule has 2 aromatic carbocycles. The van der Waals surface area contributed by atoms with E-state index in [1.165, 1.54) is 7.05 Å². The molecule has 16 nitrogen and oxygen atoms in total. The number of rotatable bonds is 12. The fraction of sp³-hybridized carbons (Fsp3) is 0.500. The molecule has 3 N–H and O–H groups in total. The Bertz CT molecular complexity index is 2550. The van der Waals surface area contributed by atoms with Crippen molar-refractivity contribution in [3.63, 3.8) is 0 Å². The second-order valence-corrected chi connectivity index (χ2v) is 18.6. The molecule has 0 spiro atoms. The van der Waals surface area contributed by atoms with Gasteiger partial charge >= 0.3 is 0 Å². The Morgan fingerprint density at radius 2 is 1.72 bits per heavy atom. The Kier molecular flexibility index (Phi) is 12.6. The standard InChI is InChI=1S/C46H53Cl2N9O7/c1-25(2)57-36-7-4-28(18-27(36)19-38(45(57)62)63-24-40(59)49-3)51-42-35(47)22-50-46(53-42)55-16-12-30(13-17-55)64-31-20-29(21-31)54-14-10-26(11-15-54)32-5-6-33-34(41(32)48)23-56(44(33)61)37-8-9-39(58)52-43(37)60/h4-7,18-19,22,25-26,29-31,37H,8-17,20-21,23-24H2,1-3H3,(H,49,59)(H,50,51,53)(H,52,58,60)/t29-,31-,37?. The molecule has 3 saturated heterocycles. The number of nitrogens with zero attached hydrogens (tertiary/aromatic N) is 6. The molecule has 18 heteroatoms. The molecule has 338 valence electrons. The van der Waals surface area contributed by atoms with Gasteiger partial charge in [0.1, 0.15) is 11.1 Å². The number of nitrogens with one attached hydrogen (secondary N) is 3. The number of aromatic nitrogens is 3. The third kappa shape index (κ3) is 8.76. The van der Waals surface area contributed by atoms with Crippen molar-refractivity contribution in [2.75, 3.05) is 50.1 Å². The predicted octanol–water partition coefficient (Wildman–Crippen LogP) is 5.70. The summed E-state index contributed by atoms with van der Waals surface area (Å²) in [5.41, 5.74) is 3.54. The lowest BCUT2D eigenvalue weighted by atomic mass is 9.83. The molecule has 6 heterocycles. The van der Waals surface area contributed by atoms with E-state index >= 15 is 0 Å². The van der Waals surface area contributed by atoms with E-state index in [-0.39, 0.29) is 66.9 Å². The van der Waals surface area contributed by atoms with E-state index in [0.29, 0.717) is 51.4 Å². The van der Waals surface area contributed by atoms with E-state index in [1.54, 1.807) is 21.7 Å². The molecule has 2 aromatic heterocycles. The highest BCUT2D eigenvalue weighted by Gasteiger charge is 2.42. The molecule has 1 aliphatic carbocycles. The van der Waals surface area contributed by atoms with Gasteiger partial charge in [-0.3, -0.25) is 29.3 Å². The maximum Gasteiger partial charge on any atom is 0.293 e. The zero-order chi connectivity index (χ0) is 44.8. The number of likely N-dealkylation sites (N-methyl/N-ethyl adjacent to an activating group) is 1. The number of pyridine rings is 1. The van der Waals surface area contributed by atoms with Crippen LogP contribution in [-0.2, 0) is 25.7 Å². The minimum absolute atomic E-state index is 0.0919. The first-order valence-corrected chi connectivity index (χ1v) is 23.0. The summed E-state index contributed by atoms with van der Waals surface area (Å²) in [5, 5.41) is 9.96. The third-order valence-electron chi connectivity index (χ3n) is 13.5. The van der Waals surface area contributed by atoms with Crippen LogP contribution < -0.4 is 31.1 Å². The van der Waals surface area contributed by atoms with Crippen molar-refractivity contribution < 1.29 is 28.7 Å². The molecule has 4 aliphatic heterocycles. The third-order valence-corrected chi connectivity index (χ3v) is 14.2. The van der Waals surface area contributed by atoms with Crippen molar-refractivity contribution >= 4 is 75.2 Å². The molecule has 1 unspecified atom stereocenters. The smallest absolute Gasteiger partial charge is 0.293 e. The van der Waals surface area contributed by atoms with Gasteiger partial charge < -0.3 is 39.4 Å². The monoisotopic (exact) mass is 913 g/mol. The van der Waals surface area contributed by atoms with Crippen LogP contribution >= 0.6 is 23.2 Å². The van der Waals surface area contributed by atoms with Crippen LogP contribution in [0, 0.1) is 0 Å². The van der Waals surface area contributed by atoms with Crippen molar-refractivity contribution in [3.8, 4) is 5.75 Å². The Morgan fingerprint density at radius 3 is 2.44 bits per heavy atom. The van der Waals surface area contributed by atoms with Crippen LogP contribution in [0.1, 0.15) is 98.7 Å². The second-order valence-electron chi connectivity index (χ2n) is 17.8. The summed E-state index contributed by atoms with van der Waals surface area (Å²) in [6, 6.07) is 10.8. The quantitative estimate of drug-likeness (QED) is 0.148. The van der Waals surface area contributed by atoms with E-state index in [1.807, 2.05) is 44.2 Å². The lowest BCUT2D eigenvalue weighted by Crippen LogP contribution is -2.52. The summed E-state index contributed by atoms with van der Waals surface area (Å²) >= 11 is 13.6. The first-order valence-electron chi connectivity index (χ1n) is 22.3. The Balaban J connectivity index is 0.746. The highest BCUT2D eigenvalue weighted by molar-refractivity contribution is 6.33. The van der Waals surface area contributed by atoms with Crippen LogP contribution in [0.25, 0.3) is 10.9 Å². The van der Waals surface area contributed by atoms with Gasteiger partial charge in [0.05, 0.1) is 23.9 Å². The fourth-order valence-electron chi connectivity index (χ4n) is 9.89. The van der Waals surface area contributed by atoms with Crippen LogP contribution in [0.2, 0.25) is 10.0 Å². The highest BCUT2D eigenvalue weighted by atomic mass is 35.5. The number of ether oxygens (including phenoxy) is 2. The van der Waals surface area contributed by atoms with Gasteiger partial charge in [-0.1, -0.05) is 29.3 Å². The predicted molar refractivity (Wildman–Crippen MR) is 243 cm³/mol. The number of likely N-dealkylation sites (tertiary alicyclic amines) is 1. The van der Waals surface area contributed by atoms with Gasteiger partial charge in [-0.15, -0.1) is 0 Å². The summed E-state index contributed by atoms with van der Waals surface area (Å²) < 4.78 is 13.9. The number of halogens is 2. The van der Waals surface area contributed by atoms with E-state index in [0.717, 1.165) is 86.7 Å². The maximum atomic E-state index is 13.3.